The maximum Gasteiger partial charge on any atom is 0.265 e. The smallest absolute Gasteiger partial charge is 0.265 e. The zero-order valence-electron chi connectivity index (χ0n) is 13.8. The number of amides is 2. The number of oxazole rings is 1. The SMILES string of the molecule is Cc1nc2cc(NC(=O)CN3C(=O)COc4cc(Br)ccc43)ccc2o1. The molecule has 1 aromatic heterocycles. The topological polar surface area (TPSA) is 84.7 Å². The molecule has 0 bridgehead atoms. The lowest BCUT2D eigenvalue weighted by Crippen LogP contribution is -2.43. The van der Waals surface area contributed by atoms with E-state index in [0.29, 0.717) is 34.1 Å². The number of carbonyl (C=O) groups excluding carboxylic acids is 2. The Labute approximate surface area is 157 Å². The molecule has 8 heteroatoms. The number of halogens is 1. The van der Waals surface area contributed by atoms with Crippen molar-refractivity contribution in [3.05, 3.63) is 46.8 Å². The van der Waals surface area contributed by atoms with Crippen LogP contribution >= 0.6 is 15.9 Å². The van der Waals surface area contributed by atoms with Crippen LogP contribution in [0.2, 0.25) is 0 Å². The summed E-state index contributed by atoms with van der Waals surface area (Å²) in [5.74, 6) is 0.544. The zero-order valence-corrected chi connectivity index (χ0v) is 15.4. The second kappa shape index (κ2) is 6.45. The van der Waals surface area contributed by atoms with Gasteiger partial charge in [0.25, 0.3) is 5.91 Å². The summed E-state index contributed by atoms with van der Waals surface area (Å²) < 4.78 is 11.7. The monoisotopic (exact) mass is 415 g/mol. The third-order valence-electron chi connectivity index (χ3n) is 3.94. The van der Waals surface area contributed by atoms with Crippen molar-refractivity contribution in [2.75, 3.05) is 23.4 Å². The molecule has 7 nitrogen and oxygen atoms in total. The number of benzene rings is 2. The molecule has 1 aliphatic heterocycles. The first kappa shape index (κ1) is 16.6. The molecule has 2 aromatic carbocycles. The molecule has 0 aliphatic carbocycles. The normalized spacial score (nSPS) is 13.5. The van der Waals surface area contributed by atoms with Gasteiger partial charge in [-0.05, 0) is 36.4 Å². The summed E-state index contributed by atoms with van der Waals surface area (Å²) in [6.45, 7) is 1.56. The highest BCUT2D eigenvalue weighted by Crippen LogP contribution is 2.34. The van der Waals surface area contributed by atoms with E-state index in [-0.39, 0.29) is 25.0 Å². The maximum absolute atomic E-state index is 12.4. The van der Waals surface area contributed by atoms with Gasteiger partial charge in [0.15, 0.2) is 18.1 Å². The fourth-order valence-corrected chi connectivity index (χ4v) is 3.16. The molecular weight excluding hydrogens is 402 g/mol. The Bertz CT molecular complexity index is 1030. The molecule has 0 unspecified atom stereocenters. The second-order valence-electron chi connectivity index (χ2n) is 5.84. The number of fused-ring (bicyclic) bond motifs is 2. The molecule has 0 saturated heterocycles. The van der Waals surface area contributed by atoms with E-state index in [4.69, 9.17) is 9.15 Å². The summed E-state index contributed by atoms with van der Waals surface area (Å²) >= 11 is 3.37. The van der Waals surface area contributed by atoms with Gasteiger partial charge in [-0.3, -0.25) is 14.5 Å². The van der Waals surface area contributed by atoms with E-state index >= 15 is 0 Å². The second-order valence-corrected chi connectivity index (χ2v) is 6.76. The van der Waals surface area contributed by atoms with Crippen molar-refractivity contribution in [2.24, 2.45) is 0 Å². The summed E-state index contributed by atoms with van der Waals surface area (Å²) in [5, 5.41) is 2.79. The average Bonchev–Trinajstić information content (AvgIpc) is 2.96. The molecular formula is C18H14BrN3O4. The Morgan fingerprint density at radius 2 is 2.15 bits per heavy atom. The van der Waals surface area contributed by atoms with Crippen LogP contribution in [0.5, 0.6) is 5.75 Å². The van der Waals surface area contributed by atoms with Crippen molar-refractivity contribution in [3.8, 4) is 5.75 Å². The molecule has 0 atom stereocenters. The highest BCUT2D eigenvalue weighted by Gasteiger charge is 2.27. The van der Waals surface area contributed by atoms with Gasteiger partial charge in [-0.1, -0.05) is 15.9 Å². The average molecular weight is 416 g/mol. The number of ether oxygens (including phenoxy) is 1. The van der Waals surface area contributed by atoms with Crippen molar-refractivity contribution >= 4 is 50.2 Å². The van der Waals surface area contributed by atoms with Crippen LogP contribution in [0.3, 0.4) is 0 Å². The van der Waals surface area contributed by atoms with Crippen molar-refractivity contribution in [1.29, 1.82) is 0 Å². The lowest BCUT2D eigenvalue weighted by molar-refractivity contribution is -0.123. The molecule has 0 spiro atoms. The van der Waals surface area contributed by atoms with Crippen LogP contribution in [0.15, 0.2) is 45.3 Å². The van der Waals surface area contributed by atoms with Gasteiger partial charge < -0.3 is 14.5 Å². The van der Waals surface area contributed by atoms with Gasteiger partial charge in [0.2, 0.25) is 5.91 Å². The van der Waals surface area contributed by atoms with Crippen molar-refractivity contribution in [2.45, 2.75) is 6.92 Å². The Hall–Kier alpha value is -2.87. The fourth-order valence-electron chi connectivity index (χ4n) is 2.82. The van der Waals surface area contributed by atoms with Gasteiger partial charge >= 0.3 is 0 Å². The Morgan fingerprint density at radius 1 is 1.31 bits per heavy atom. The summed E-state index contributed by atoms with van der Waals surface area (Å²) in [4.78, 5) is 30.3. The summed E-state index contributed by atoms with van der Waals surface area (Å²) in [7, 11) is 0. The maximum atomic E-state index is 12.4. The van der Waals surface area contributed by atoms with Crippen LogP contribution in [-0.4, -0.2) is 29.9 Å². The van der Waals surface area contributed by atoms with Crippen molar-refractivity contribution in [3.63, 3.8) is 0 Å². The van der Waals surface area contributed by atoms with Crippen LogP contribution in [0, 0.1) is 6.92 Å². The first-order chi connectivity index (χ1) is 12.5. The van der Waals surface area contributed by atoms with Crippen LogP contribution in [0.25, 0.3) is 11.1 Å². The van der Waals surface area contributed by atoms with E-state index in [1.165, 1.54) is 4.90 Å². The standard InChI is InChI=1S/C18H14BrN3O4/c1-10-20-13-7-12(3-5-15(13)26-10)21-17(23)8-22-14-4-2-11(19)6-16(14)25-9-18(22)24/h2-7H,8-9H2,1H3,(H,21,23). The van der Waals surface area contributed by atoms with Gasteiger partial charge in [-0.2, -0.15) is 0 Å². The molecule has 0 fully saturated rings. The highest BCUT2D eigenvalue weighted by atomic mass is 79.9. The first-order valence-corrected chi connectivity index (χ1v) is 8.69. The molecule has 1 N–H and O–H groups in total. The fraction of sp³-hybridized carbons (Fsp3) is 0.167. The molecule has 26 heavy (non-hydrogen) atoms. The predicted molar refractivity (Wildman–Crippen MR) is 99.4 cm³/mol. The number of aromatic nitrogens is 1. The van der Waals surface area contributed by atoms with Crippen molar-refractivity contribution in [1.82, 2.24) is 4.98 Å². The zero-order chi connectivity index (χ0) is 18.3. The molecule has 0 radical (unpaired) electrons. The van der Waals surface area contributed by atoms with Crippen LogP contribution in [0.1, 0.15) is 5.89 Å². The number of hydrogen-bond donors (Lipinski definition) is 1. The quantitative estimate of drug-likeness (QED) is 0.709. The van der Waals surface area contributed by atoms with Crippen LogP contribution < -0.4 is 15.0 Å². The number of nitrogens with zero attached hydrogens (tertiary/aromatic N) is 2. The Kier molecular flexibility index (Phi) is 4.12. The first-order valence-electron chi connectivity index (χ1n) is 7.89. The number of rotatable bonds is 3. The number of anilines is 2. The van der Waals surface area contributed by atoms with Crippen molar-refractivity contribution < 1.29 is 18.7 Å². The third kappa shape index (κ3) is 3.15. The minimum absolute atomic E-state index is 0.0963. The van der Waals surface area contributed by atoms with E-state index in [2.05, 4.69) is 26.2 Å². The largest absolute Gasteiger partial charge is 0.482 e. The molecule has 3 aromatic rings. The van der Waals surface area contributed by atoms with Gasteiger partial charge in [0, 0.05) is 17.1 Å². The van der Waals surface area contributed by atoms with E-state index in [1.54, 1.807) is 43.3 Å². The van der Waals surface area contributed by atoms with Crippen LogP contribution in [0.4, 0.5) is 11.4 Å². The summed E-state index contributed by atoms with van der Waals surface area (Å²) in [5.41, 5.74) is 2.48. The lowest BCUT2D eigenvalue weighted by atomic mass is 10.2. The van der Waals surface area contributed by atoms with E-state index in [1.807, 2.05) is 0 Å². The van der Waals surface area contributed by atoms with Crippen LogP contribution in [-0.2, 0) is 9.59 Å². The Morgan fingerprint density at radius 3 is 3.00 bits per heavy atom. The number of aryl methyl sites for hydroxylation is 1. The minimum atomic E-state index is -0.311. The van der Waals surface area contributed by atoms with Gasteiger partial charge in [0.05, 0.1) is 5.69 Å². The number of hydrogen-bond acceptors (Lipinski definition) is 5. The Balaban J connectivity index is 1.53. The minimum Gasteiger partial charge on any atom is -0.482 e. The number of nitrogens with one attached hydrogen (secondary N) is 1. The summed E-state index contributed by atoms with van der Waals surface area (Å²) in [6, 6.07) is 10.5. The molecule has 132 valence electrons. The predicted octanol–water partition coefficient (Wildman–Crippen LogP) is 3.26. The van der Waals surface area contributed by atoms with Gasteiger partial charge in [-0.15, -0.1) is 0 Å². The molecule has 4 rings (SSSR count). The van der Waals surface area contributed by atoms with E-state index in [9.17, 15) is 9.59 Å². The lowest BCUT2D eigenvalue weighted by Gasteiger charge is -2.29. The van der Waals surface area contributed by atoms with Gasteiger partial charge in [0.1, 0.15) is 17.8 Å². The summed E-state index contributed by atoms with van der Waals surface area (Å²) in [6.07, 6.45) is 0. The highest BCUT2D eigenvalue weighted by molar-refractivity contribution is 9.10. The van der Waals surface area contributed by atoms with E-state index < -0.39 is 0 Å². The van der Waals surface area contributed by atoms with E-state index in [0.717, 1.165) is 4.47 Å². The molecule has 1 aliphatic rings. The van der Waals surface area contributed by atoms with Gasteiger partial charge in [-0.25, -0.2) is 4.98 Å². The third-order valence-corrected chi connectivity index (χ3v) is 4.44. The number of carbonyl (C=O) groups is 2. The molecule has 2 heterocycles. The molecule has 0 saturated carbocycles. The molecule has 2 amide bonds.